The van der Waals surface area contributed by atoms with Gasteiger partial charge in [-0.1, -0.05) is 117 Å². The van der Waals surface area contributed by atoms with Gasteiger partial charge in [0.25, 0.3) is 0 Å². The van der Waals surface area contributed by atoms with Crippen LogP contribution in [0.15, 0.2) is 168 Å². The predicted octanol–water partition coefficient (Wildman–Crippen LogP) is 13.7. The van der Waals surface area contributed by atoms with Gasteiger partial charge in [-0.2, -0.15) is 0 Å². The molecule has 0 atom stereocenters. The molecule has 3 heteroatoms. The lowest BCUT2D eigenvalue weighted by Crippen LogP contribution is -2.15. The third-order valence-electron chi connectivity index (χ3n) is 12.4. The molecule has 0 amide bonds. The van der Waals surface area contributed by atoms with Gasteiger partial charge in [-0.3, -0.25) is 0 Å². The summed E-state index contributed by atoms with van der Waals surface area (Å²) in [7, 11) is 0. The zero-order valence-corrected chi connectivity index (χ0v) is 30.7. The van der Waals surface area contributed by atoms with Crippen LogP contribution in [0.2, 0.25) is 0 Å². The Morgan fingerprint density at radius 3 is 2.11 bits per heavy atom. The highest BCUT2D eigenvalue weighted by atomic mass is 16.3. The molecular weight excluding hydrogens is 669 g/mol. The van der Waals surface area contributed by atoms with E-state index >= 15 is 0 Å². The number of furan rings is 1. The molecule has 0 saturated carbocycles. The van der Waals surface area contributed by atoms with Crippen LogP contribution in [0.1, 0.15) is 36.2 Å². The number of para-hydroxylation sites is 3. The molecule has 0 spiro atoms. The van der Waals surface area contributed by atoms with Crippen molar-refractivity contribution in [2.75, 3.05) is 0 Å². The van der Waals surface area contributed by atoms with Gasteiger partial charge in [-0.25, -0.2) is 0 Å². The molecule has 7 aromatic carbocycles. The normalized spacial score (nSPS) is 14.3. The molecule has 0 bridgehead atoms. The Morgan fingerprint density at radius 2 is 1.25 bits per heavy atom. The highest BCUT2D eigenvalue weighted by Crippen LogP contribution is 2.53. The third-order valence-corrected chi connectivity index (χ3v) is 12.4. The van der Waals surface area contributed by atoms with Crippen LogP contribution in [0, 0.1) is 0 Å². The fourth-order valence-electron chi connectivity index (χ4n) is 9.77. The van der Waals surface area contributed by atoms with Gasteiger partial charge in [0.1, 0.15) is 11.2 Å². The SMILES string of the molecule is CC1(C)c2cc(-n3c4ccccc4c4cc(-c5ccc6c(c5)c5c(n6-c6ccccc6)C=CC=CC5)ccc43)ccc2-c2c1ccc1c2oc2ccccc21. The lowest BCUT2D eigenvalue weighted by molar-refractivity contribution is 0.653. The molecule has 12 rings (SSSR count). The fourth-order valence-corrected chi connectivity index (χ4v) is 9.77. The first-order valence-electron chi connectivity index (χ1n) is 19.2. The predicted molar refractivity (Wildman–Crippen MR) is 230 cm³/mol. The van der Waals surface area contributed by atoms with E-state index < -0.39 is 0 Å². The van der Waals surface area contributed by atoms with Crippen LogP contribution in [-0.4, -0.2) is 9.13 Å². The number of hydrogen-bond acceptors (Lipinski definition) is 1. The third kappa shape index (κ3) is 4.21. The van der Waals surface area contributed by atoms with Gasteiger partial charge < -0.3 is 13.6 Å². The molecule has 0 saturated heterocycles. The van der Waals surface area contributed by atoms with Crippen LogP contribution in [0.4, 0.5) is 0 Å². The fraction of sp³-hybridized carbons (Fsp3) is 0.0769. The van der Waals surface area contributed by atoms with E-state index in [1.54, 1.807) is 0 Å². The maximum atomic E-state index is 6.58. The standard InChI is InChI=1S/C52H36N2O/c1-52(2)43-26-25-39-38-17-10-12-20-49(38)55-51(39)50(43)40-24-23-35(31-44(40)52)54-46-19-11-9-16-37(46)42-30-33(22-28-48(42)54)32-21-27-47-41(29-32)36-15-7-4-8-18-45(36)53(47)34-13-5-3-6-14-34/h3-14,16-31H,15H2,1-2H3. The molecule has 0 radical (unpaired) electrons. The molecule has 3 heterocycles. The summed E-state index contributed by atoms with van der Waals surface area (Å²) < 4.78 is 11.4. The van der Waals surface area contributed by atoms with Crippen molar-refractivity contribution in [1.29, 1.82) is 0 Å². The Kier molecular flexibility index (Phi) is 6.17. The van der Waals surface area contributed by atoms with E-state index in [1.807, 2.05) is 0 Å². The van der Waals surface area contributed by atoms with E-state index in [1.165, 1.54) is 99.5 Å². The van der Waals surface area contributed by atoms with Gasteiger partial charge in [0.05, 0.1) is 22.2 Å². The van der Waals surface area contributed by atoms with E-state index in [0.717, 1.165) is 17.6 Å². The Hall–Kier alpha value is -6.84. The van der Waals surface area contributed by atoms with Crippen LogP contribution in [-0.2, 0) is 11.8 Å². The molecular formula is C52H36N2O. The quantitative estimate of drug-likeness (QED) is 0.180. The van der Waals surface area contributed by atoms with Gasteiger partial charge in [-0.05, 0) is 107 Å². The van der Waals surface area contributed by atoms with Crippen molar-refractivity contribution in [2.24, 2.45) is 0 Å². The number of aromatic nitrogens is 2. The molecule has 0 fully saturated rings. The molecule has 2 aliphatic carbocycles. The van der Waals surface area contributed by atoms with Crippen molar-refractivity contribution in [3.05, 3.63) is 186 Å². The number of allylic oxidation sites excluding steroid dienone is 3. The number of hydrogen-bond donors (Lipinski definition) is 0. The molecule has 260 valence electrons. The molecule has 55 heavy (non-hydrogen) atoms. The minimum atomic E-state index is -0.179. The summed E-state index contributed by atoms with van der Waals surface area (Å²) in [6.45, 7) is 4.70. The summed E-state index contributed by atoms with van der Waals surface area (Å²) in [4.78, 5) is 0. The minimum absolute atomic E-state index is 0.179. The molecule has 0 aliphatic heterocycles. The molecule has 10 aromatic rings. The average molecular weight is 705 g/mol. The number of rotatable bonds is 3. The zero-order valence-electron chi connectivity index (χ0n) is 30.7. The second-order valence-corrected chi connectivity index (χ2v) is 15.7. The molecule has 3 aromatic heterocycles. The van der Waals surface area contributed by atoms with Crippen molar-refractivity contribution in [3.63, 3.8) is 0 Å². The summed E-state index contributed by atoms with van der Waals surface area (Å²) >= 11 is 0. The molecule has 0 N–H and O–H groups in total. The Balaban J connectivity index is 1.02. The van der Waals surface area contributed by atoms with E-state index in [9.17, 15) is 0 Å². The van der Waals surface area contributed by atoms with E-state index in [0.29, 0.717) is 0 Å². The number of nitrogens with zero attached hydrogens (tertiary/aromatic N) is 2. The van der Waals surface area contributed by atoms with Crippen molar-refractivity contribution in [3.8, 4) is 33.6 Å². The Labute approximate surface area is 318 Å². The summed E-state index contributed by atoms with van der Waals surface area (Å²) in [6.07, 6.45) is 9.75. The zero-order chi connectivity index (χ0) is 36.4. The van der Waals surface area contributed by atoms with Gasteiger partial charge in [0, 0.05) is 49.3 Å². The van der Waals surface area contributed by atoms with Crippen molar-refractivity contribution >= 4 is 60.7 Å². The summed E-state index contributed by atoms with van der Waals surface area (Å²) in [5.74, 6) is 0. The highest BCUT2D eigenvalue weighted by Gasteiger charge is 2.38. The van der Waals surface area contributed by atoms with Crippen LogP contribution >= 0.6 is 0 Å². The van der Waals surface area contributed by atoms with Crippen LogP contribution < -0.4 is 0 Å². The molecule has 0 unspecified atom stereocenters. The average Bonchev–Trinajstić information content (AvgIpc) is 3.86. The summed E-state index contributed by atoms with van der Waals surface area (Å²) in [5.41, 5.74) is 18.0. The summed E-state index contributed by atoms with van der Waals surface area (Å²) in [6, 6.07) is 53.6. The van der Waals surface area contributed by atoms with Crippen molar-refractivity contribution in [2.45, 2.75) is 25.7 Å². The van der Waals surface area contributed by atoms with E-state index in [-0.39, 0.29) is 5.41 Å². The number of benzene rings is 7. The minimum Gasteiger partial charge on any atom is -0.455 e. The first-order valence-corrected chi connectivity index (χ1v) is 19.2. The Morgan fingerprint density at radius 1 is 0.527 bits per heavy atom. The van der Waals surface area contributed by atoms with Crippen LogP contribution in [0.5, 0.6) is 0 Å². The second-order valence-electron chi connectivity index (χ2n) is 15.7. The van der Waals surface area contributed by atoms with Gasteiger partial charge in [0.15, 0.2) is 0 Å². The van der Waals surface area contributed by atoms with E-state index in [4.69, 9.17) is 4.42 Å². The lowest BCUT2D eigenvalue weighted by atomic mass is 9.82. The van der Waals surface area contributed by atoms with Gasteiger partial charge >= 0.3 is 0 Å². The first kappa shape index (κ1) is 30.6. The maximum Gasteiger partial charge on any atom is 0.143 e. The smallest absolute Gasteiger partial charge is 0.143 e. The van der Waals surface area contributed by atoms with Crippen LogP contribution in [0.3, 0.4) is 0 Å². The van der Waals surface area contributed by atoms with Gasteiger partial charge in [-0.15, -0.1) is 0 Å². The molecule has 2 aliphatic rings. The van der Waals surface area contributed by atoms with Crippen molar-refractivity contribution in [1.82, 2.24) is 9.13 Å². The second kappa shape index (κ2) is 11.1. The van der Waals surface area contributed by atoms with Crippen LogP contribution in [0.25, 0.3) is 94.4 Å². The van der Waals surface area contributed by atoms with Crippen molar-refractivity contribution < 1.29 is 4.42 Å². The lowest BCUT2D eigenvalue weighted by Gasteiger charge is -2.22. The maximum absolute atomic E-state index is 6.58. The largest absolute Gasteiger partial charge is 0.455 e. The first-order chi connectivity index (χ1) is 27.0. The summed E-state index contributed by atoms with van der Waals surface area (Å²) in [5, 5.41) is 6.16. The highest BCUT2D eigenvalue weighted by molar-refractivity contribution is 6.13. The van der Waals surface area contributed by atoms with E-state index in [2.05, 4.69) is 193 Å². The van der Waals surface area contributed by atoms with Gasteiger partial charge in [0.2, 0.25) is 0 Å². The Bertz CT molecular complexity index is 3310. The molecule has 3 nitrogen and oxygen atoms in total. The monoisotopic (exact) mass is 704 g/mol. The topological polar surface area (TPSA) is 23.0 Å². The number of fused-ring (bicyclic) bond motifs is 13.